The Morgan fingerprint density at radius 1 is 1.33 bits per heavy atom. The van der Waals surface area contributed by atoms with E-state index in [-0.39, 0.29) is 35.8 Å². The molecule has 1 fully saturated rings. The van der Waals surface area contributed by atoms with Gasteiger partial charge in [-0.05, 0) is 26.7 Å². The summed E-state index contributed by atoms with van der Waals surface area (Å²) in [6, 6.07) is -0.648. The van der Waals surface area contributed by atoms with Gasteiger partial charge in [0, 0.05) is 25.4 Å². The van der Waals surface area contributed by atoms with Crippen molar-refractivity contribution in [1.29, 1.82) is 0 Å². The van der Waals surface area contributed by atoms with Gasteiger partial charge in [-0.2, -0.15) is 0 Å². The van der Waals surface area contributed by atoms with Gasteiger partial charge in [-0.25, -0.2) is 8.42 Å². The van der Waals surface area contributed by atoms with Crippen LogP contribution in [0.3, 0.4) is 0 Å². The zero-order valence-corrected chi connectivity index (χ0v) is 13.7. The number of sulfone groups is 1. The molecule has 0 aromatic rings. The molecule has 0 aromatic heterocycles. The second kappa shape index (κ2) is 6.48. The molecule has 6 nitrogen and oxygen atoms in total. The van der Waals surface area contributed by atoms with Gasteiger partial charge in [0.1, 0.15) is 0 Å². The highest BCUT2D eigenvalue weighted by molar-refractivity contribution is 7.91. The number of carbonyl (C=O) groups excluding carboxylic acids is 2. The van der Waals surface area contributed by atoms with E-state index in [2.05, 4.69) is 17.2 Å². The normalized spacial score (nSPS) is 21.1. The lowest BCUT2D eigenvalue weighted by Gasteiger charge is -2.33. The minimum atomic E-state index is -3.22. The fourth-order valence-corrected chi connectivity index (χ4v) is 3.48. The largest absolute Gasteiger partial charge is 0.359 e. The van der Waals surface area contributed by atoms with Crippen LogP contribution in [0.1, 0.15) is 27.2 Å². The van der Waals surface area contributed by atoms with Crippen molar-refractivity contribution in [2.45, 2.75) is 33.2 Å². The van der Waals surface area contributed by atoms with Crippen LogP contribution in [0.2, 0.25) is 0 Å². The van der Waals surface area contributed by atoms with Crippen molar-refractivity contribution in [3.63, 3.8) is 0 Å². The van der Waals surface area contributed by atoms with Crippen molar-refractivity contribution < 1.29 is 18.0 Å². The molecule has 1 unspecified atom stereocenters. The van der Waals surface area contributed by atoms with Crippen LogP contribution in [0.15, 0.2) is 0 Å². The Kier molecular flexibility index (Phi) is 5.40. The quantitative estimate of drug-likeness (QED) is 0.715. The standard InChI is InChI=1S/C14H22N2O4S/c1-14(2,3)6-5-13(18)16-7-8-21(19,20)10-11(16)9-12(17)15-4/h11H,7-10H2,1-4H3,(H,15,17). The first-order chi connectivity index (χ1) is 9.54. The van der Waals surface area contributed by atoms with E-state index in [4.69, 9.17) is 0 Å². The Morgan fingerprint density at radius 2 is 1.95 bits per heavy atom. The zero-order chi connectivity index (χ0) is 16.3. The summed E-state index contributed by atoms with van der Waals surface area (Å²) >= 11 is 0. The smallest absolute Gasteiger partial charge is 0.298 e. The van der Waals surface area contributed by atoms with Crippen LogP contribution < -0.4 is 5.32 Å². The van der Waals surface area contributed by atoms with Crippen LogP contribution in [0.4, 0.5) is 0 Å². The van der Waals surface area contributed by atoms with E-state index in [0.29, 0.717) is 0 Å². The van der Waals surface area contributed by atoms with Crippen LogP contribution in [-0.2, 0) is 19.4 Å². The van der Waals surface area contributed by atoms with Crippen molar-refractivity contribution in [3.8, 4) is 11.8 Å². The number of hydrogen-bond acceptors (Lipinski definition) is 4. The summed E-state index contributed by atoms with van der Waals surface area (Å²) in [7, 11) is -1.74. The summed E-state index contributed by atoms with van der Waals surface area (Å²) in [6.45, 7) is 5.74. The molecule has 0 aliphatic carbocycles. The van der Waals surface area contributed by atoms with Crippen LogP contribution >= 0.6 is 0 Å². The fourth-order valence-electron chi connectivity index (χ4n) is 1.95. The van der Waals surface area contributed by atoms with Crippen molar-refractivity contribution in [3.05, 3.63) is 0 Å². The molecule has 1 rings (SSSR count). The maximum Gasteiger partial charge on any atom is 0.298 e. The van der Waals surface area contributed by atoms with Gasteiger partial charge in [0.05, 0.1) is 17.5 Å². The summed E-state index contributed by atoms with van der Waals surface area (Å²) in [4.78, 5) is 25.1. The number of amides is 2. The van der Waals surface area contributed by atoms with Crippen LogP contribution in [-0.4, -0.2) is 56.3 Å². The lowest BCUT2D eigenvalue weighted by atomic mass is 9.98. The van der Waals surface area contributed by atoms with E-state index in [9.17, 15) is 18.0 Å². The molecule has 21 heavy (non-hydrogen) atoms. The molecule has 1 atom stereocenters. The van der Waals surface area contributed by atoms with Gasteiger partial charge in [0.2, 0.25) is 5.91 Å². The molecule has 1 N–H and O–H groups in total. The van der Waals surface area contributed by atoms with E-state index in [1.54, 1.807) is 0 Å². The summed E-state index contributed by atoms with van der Waals surface area (Å²) < 4.78 is 23.4. The predicted octanol–water partition coefficient (Wildman–Crippen LogP) is -0.202. The van der Waals surface area contributed by atoms with Crippen LogP contribution in [0.5, 0.6) is 0 Å². The van der Waals surface area contributed by atoms with Crippen molar-refractivity contribution in [2.75, 3.05) is 25.1 Å². The van der Waals surface area contributed by atoms with E-state index < -0.39 is 21.8 Å². The summed E-state index contributed by atoms with van der Waals surface area (Å²) in [6.07, 6.45) is -0.0291. The molecule has 0 spiro atoms. The maximum absolute atomic E-state index is 12.2. The third kappa shape index (κ3) is 5.76. The molecule has 7 heteroatoms. The van der Waals surface area contributed by atoms with Crippen molar-refractivity contribution in [2.24, 2.45) is 5.41 Å². The molecular weight excluding hydrogens is 292 g/mol. The Balaban J connectivity index is 2.93. The van der Waals surface area contributed by atoms with E-state index in [1.807, 2.05) is 20.8 Å². The number of carbonyl (C=O) groups is 2. The number of hydrogen-bond donors (Lipinski definition) is 1. The molecule has 1 heterocycles. The average molecular weight is 314 g/mol. The fraction of sp³-hybridized carbons (Fsp3) is 0.714. The Labute approximate surface area is 126 Å². The highest BCUT2D eigenvalue weighted by Crippen LogP contribution is 2.16. The first kappa shape index (κ1) is 17.5. The first-order valence-corrected chi connectivity index (χ1v) is 8.61. The monoisotopic (exact) mass is 314 g/mol. The number of nitrogens with zero attached hydrogens (tertiary/aromatic N) is 1. The van der Waals surface area contributed by atoms with Crippen molar-refractivity contribution in [1.82, 2.24) is 10.2 Å². The molecule has 118 valence electrons. The molecule has 1 aliphatic heterocycles. The predicted molar refractivity (Wildman–Crippen MR) is 80.1 cm³/mol. The Morgan fingerprint density at radius 3 is 2.48 bits per heavy atom. The molecular formula is C14H22N2O4S. The molecule has 0 aromatic carbocycles. The summed E-state index contributed by atoms with van der Waals surface area (Å²) in [5.41, 5.74) is -0.312. The average Bonchev–Trinajstić information content (AvgIpc) is 2.34. The topological polar surface area (TPSA) is 83.6 Å². The minimum absolute atomic E-state index is 0.0291. The third-order valence-electron chi connectivity index (χ3n) is 3.04. The molecule has 0 saturated carbocycles. The van der Waals surface area contributed by atoms with Gasteiger partial charge in [0.25, 0.3) is 5.91 Å². The Bertz CT molecular complexity index is 578. The molecule has 1 saturated heterocycles. The van der Waals surface area contributed by atoms with Crippen LogP contribution in [0, 0.1) is 17.3 Å². The Hall–Kier alpha value is -1.55. The van der Waals surface area contributed by atoms with Crippen molar-refractivity contribution >= 4 is 21.7 Å². The maximum atomic E-state index is 12.2. The van der Waals surface area contributed by atoms with Gasteiger partial charge in [-0.1, -0.05) is 5.92 Å². The van der Waals surface area contributed by atoms with E-state index in [1.165, 1.54) is 11.9 Å². The summed E-state index contributed by atoms with van der Waals surface area (Å²) in [5.74, 6) is 4.40. The third-order valence-corrected chi connectivity index (χ3v) is 4.73. The lowest BCUT2D eigenvalue weighted by molar-refractivity contribution is -0.128. The first-order valence-electron chi connectivity index (χ1n) is 6.79. The second-order valence-electron chi connectivity index (χ2n) is 6.14. The molecule has 2 amide bonds. The summed E-state index contributed by atoms with van der Waals surface area (Å²) in [5, 5.41) is 2.45. The van der Waals surface area contributed by atoms with E-state index in [0.717, 1.165) is 0 Å². The van der Waals surface area contributed by atoms with Gasteiger partial charge in [-0.15, -0.1) is 0 Å². The molecule has 0 bridgehead atoms. The number of nitrogens with one attached hydrogen (secondary N) is 1. The minimum Gasteiger partial charge on any atom is -0.359 e. The zero-order valence-electron chi connectivity index (χ0n) is 12.9. The van der Waals surface area contributed by atoms with Gasteiger partial charge < -0.3 is 10.2 Å². The van der Waals surface area contributed by atoms with E-state index >= 15 is 0 Å². The second-order valence-corrected chi connectivity index (χ2v) is 8.37. The molecule has 1 aliphatic rings. The van der Waals surface area contributed by atoms with Gasteiger partial charge in [0.15, 0.2) is 9.84 Å². The SMILES string of the molecule is CNC(=O)CC1CS(=O)(=O)CCN1C(=O)C#CC(C)(C)C. The highest BCUT2D eigenvalue weighted by atomic mass is 32.2. The highest BCUT2D eigenvalue weighted by Gasteiger charge is 2.34. The lowest BCUT2D eigenvalue weighted by Crippen LogP contribution is -2.52. The molecule has 0 radical (unpaired) electrons. The van der Waals surface area contributed by atoms with Gasteiger partial charge in [-0.3, -0.25) is 9.59 Å². The van der Waals surface area contributed by atoms with Crippen LogP contribution in [0.25, 0.3) is 0 Å². The number of rotatable bonds is 2. The van der Waals surface area contributed by atoms with Gasteiger partial charge >= 0.3 is 0 Å².